The second kappa shape index (κ2) is 7.99. The van der Waals surface area contributed by atoms with Gasteiger partial charge in [-0.1, -0.05) is 18.2 Å². The first-order valence-electron chi connectivity index (χ1n) is 6.47. The molecule has 5 heteroatoms. The molecule has 0 aliphatic rings. The number of benzene rings is 1. The molecule has 0 aliphatic heterocycles. The summed E-state index contributed by atoms with van der Waals surface area (Å²) in [6, 6.07) is 5.03. The largest absolute Gasteiger partial charge is 0.466 e. The maximum atomic E-state index is 11.7. The first-order chi connectivity index (χ1) is 9.58. The van der Waals surface area contributed by atoms with Gasteiger partial charge in [-0.3, -0.25) is 4.79 Å². The summed E-state index contributed by atoms with van der Waals surface area (Å²) in [7, 11) is 0. The van der Waals surface area contributed by atoms with Crippen molar-refractivity contribution in [2.24, 2.45) is 0 Å². The molecule has 1 aromatic rings. The summed E-state index contributed by atoms with van der Waals surface area (Å²) in [5.74, 6) is -0.740. The molecule has 0 unspecified atom stereocenters. The molecule has 0 amide bonds. The second-order valence-corrected chi connectivity index (χ2v) is 3.98. The molecule has 0 spiro atoms. The van der Waals surface area contributed by atoms with E-state index in [1.807, 2.05) is 0 Å². The van der Waals surface area contributed by atoms with Crippen LogP contribution < -0.4 is 5.73 Å². The van der Waals surface area contributed by atoms with Gasteiger partial charge in [0.2, 0.25) is 0 Å². The Hall–Kier alpha value is -2.30. The molecule has 0 heterocycles. The molecule has 1 aromatic carbocycles. The molecule has 0 atom stereocenters. The molecule has 108 valence electrons. The standard InChI is InChI=1S/C15H19NO4/c1-3-19-14(17)7-5-6-11-8-9-13(16)12(10-11)15(18)20-4-2/h5-6,8-10H,3-4,7,16H2,1-2H3. The number of rotatable bonds is 6. The van der Waals surface area contributed by atoms with Crippen LogP contribution in [0, 0.1) is 0 Å². The highest BCUT2D eigenvalue weighted by atomic mass is 16.5. The summed E-state index contributed by atoms with van der Waals surface area (Å²) in [6.07, 6.45) is 3.60. The zero-order valence-electron chi connectivity index (χ0n) is 11.7. The Morgan fingerprint density at radius 1 is 1.20 bits per heavy atom. The maximum absolute atomic E-state index is 11.7. The molecule has 0 radical (unpaired) electrons. The normalized spacial score (nSPS) is 10.5. The fraction of sp³-hybridized carbons (Fsp3) is 0.333. The van der Waals surface area contributed by atoms with Crippen molar-refractivity contribution in [1.29, 1.82) is 0 Å². The van der Waals surface area contributed by atoms with Gasteiger partial charge in [-0.25, -0.2) is 4.79 Å². The Morgan fingerprint density at radius 3 is 2.55 bits per heavy atom. The SMILES string of the molecule is CCOC(=O)CC=Cc1ccc(N)c(C(=O)OCC)c1. The zero-order chi connectivity index (χ0) is 15.0. The highest BCUT2D eigenvalue weighted by Gasteiger charge is 2.10. The average molecular weight is 277 g/mol. The van der Waals surface area contributed by atoms with Crippen molar-refractivity contribution in [1.82, 2.24) is 0 Å². The fourth-order valence-corrected chi connectivity index (χ4v) is 1.57. The lowest BCUT2D eigenvalue weighted by Gasteiger charge is -2.06. The van der Waals surface area contributed by atoms with Crippen molar-refractivity contribution in [2.45, 2.75) is 20.3 Å². The zero-order valence-corrected chi connectivity index (χ0v) is 11.7. The summed E-state index contributed by atoms with van der Waals surface area (Å²) in [4.78, 5) is 22.9. The van der Waals surface area contributed by atoms with E-state index in [0.717, 1.165) is 5.56 Å². The third-order valence-corrected chi connectivity index (χ3v) is 2.47. The van der Waals surface area contributed by atoms with Crippen LogP contribution in [0.3, 0.4) is 0 Å². The number of nitrogen functional groups attached to an aromatic ring is 1. The first kappa shape index (κ1) is 15.8. The first-order valence-corrected chi connectivity index (χ1v) is 6.47. The molecule has 0 aromatic heterocycles. The number of hydrogen-bond donors (Lipinski definition) is 1. The lowest BCUT2D eigenvalue weighted by atomic mass is 10.1. The van der Waals surface area contributed by atoms with Gasteiger partial charge < -0.3 is 15.2 Å². The van der Waals surface area contributed by atoms with Crippen molar-refractivity contribution < 1.29 is 19.1 Å². The van der Waals surface area contributed by atoms with Gasteiger partial charge in [-0.05, 0) is 31.5 Å². The van der Waals surface area contributed by atoms with Gasteiger partial charge in [0.15, 0.2) is 0 Å². The van der Waals surface area contributed by atoms with Crippen LogP contribution in [0.2, 0.25) is 0 Å². The fourth-order valence-electron chi connectivity index (χ4n) is 1.57. The van der Waals surface area contributed by atoms with E-state index >= 15 is 0 Å². The van der Waals surface area contributed by atoms with Crippen molar-refractivity contribution in [3.8, 4) is 0 Å². The Balaban J connectivity index is 2.77. The molecule has 1 rings (SSSR count). The Kier molecular flexibility index (Phi) is 6.29. The molecule has 0 saturated heterocycles. The number of hydrogen-bond acceptors (Lipinski definition) is 5. The van der Waals surface area contributed by atoms with Crippen LogP contribution in [0.25, 0.3) is 6.08 Å². The van der Waals surface area contributed by atoms with E-state index < -0.39 is 5.97 Å². The van der Waals surface area contributed by atoms with Crippen LogP contribution in [-0.4, -0.2) is 25.2 Å². The number of nitrogens with two attached hydrogens (primary N) is 1. The maximum Gasteiger partial charge on any atom is 0.340 e. The highest BCUT2D eigenvalue weighted by Crippen LogP contribution is 2.16. The molecule has 0 aliphatic carbocycles. The molecule has 0 bridgehead atoms. The average Bonchev–Trinajstić information content (AvgIpc) is 2.41. The third kappa shape index (κ3) is 4.76. The number of carbonyl (C=O) groups is 2. The Labute approximate surface area is 118 Å². The minimum atomic E-state index is -0.453. The summed E-state index contributed by atoms with van der Waals surface area (Å²) >= 11 is 0. The molecule has 5 nitrogen and oxygen atoms in total. The van der Waals surface area contributed by atoms with Gasteiger partial charge in [-0.15, -0.1) is 0 Å². The van der Waals surface area contributed by atoms with Crippen molar-refractivity contribution in [2.75, 3.05) is 18.9 Å². The van der Waals surface area contributed by atoms with E-state index in [0.29, 0.717) is 24.5 Å². The predicted molar refractivity (Wildman–Crippen MR) is 77.1 cm³/mol. The van der Waals surface area contributed by atoms with E-state index in [2.05, 4.69) is 0 Å². The van der Waals surface area contributed by atoms with E-state index in [1.54, 1.807) is 44.2 Å². The van der Waals surface area contributed by atoms with Gasteiger partial charge in [0.1, 0.15) is 0 Å². The van der Waals surface area contributed by atoms with Crippen LogP contribution in [0.15, 0.2) is 24.3 Å². The quantitative estimate of drug-likeness (QED) is 0.638. The number of carbonyl (C=O) groups excluding carboxylic acids is 2. The number of anilines is 1. The van der Waals surface area contributed by atoms with Crippen molar-refractivity contribution >= 4 is 23.7 Å². The number of ether oxygens (including phenoxy) is 2. The van der Waals surface area contributed by atoms with Gasteiger partial charge in [-0.2, -0.15) is 0 Å². The van der Waals surface area contributed by atoms with Crippen molar-refractivity contribution in [3.63, 3.8) is 0 Å². The Morgan fingerprint density at radius 2 is 1.90 bits per heavy atom. The van der Waals surface area contributed by atoms with E-state index in [1.165, 1.54) is 0 Å². The third-order valence-electron chi connectivity index (χ3n) is 2.47. The van der Waals surface area contributed by atoms with Gasteiger partial charge >= 0.3 is 11.9 Å². The van der Waals surface area contributed by atoms with Gasteiger partial charge in [0, 0.05) is 5.69 Å². The lowest BCUT2D eigenvalue weighted by Crippen LogP contribution is -2.08. The van der Waals surface area contributed by atoms with Gasteiger partial charge in [0.05, 0.1) is 25.2 Å². The molecule has 20 heavy (non-hydrogen) atoms. The summed E-state index contributed by atoms with van der Waals surface area (Å²) in [6.45, 7) is 4.15. The summed E-state index contributed by atoms with van der Waals surface area (Å²) < 4.78 is 9.73. The topological polar surface area (TPSA) is 78.6 Å². The van der Waals surface area contributed by atoms with Crippen LogP contribution in [0.5, 0.6) is 0 Å². The van der Waals surface area contributed by atoms with E-state index in [-0.39, 0.29) is 12.4 Å². The van der Waals surface area contributed by atoms with E-state index in [4.69, 9.17) is 15.2 Å². The highest BCUT2D eigenvalue weighted by molar-refractivity contribution is 5.95. The Bertz CT molecular complexity index is 509. The second-order valence-electron chi connectivity index (χ2n) is 3.98. The van der Waals surface area contributed by atoms with E-state index in [9.17, 15) is 9.59 Å². The molecule has 0 saturated carbocycles. The smallest absolute Gasteiger partial charge is 0.340 e. The molecular formula is C15H19NO4. The van der Waals surface area contributed by atoms with Crippen LogP contribution in [0.4, 0.5) is 5.69 Å². The monoisotopic (exact) mass is 277 g/mol. The predicted octanol–water partition coefficient (Wildman–Crippen LogP) is 2.41. The minimum absolute atomic E-state index is 0.187. The van der Waals surface area contributed by atoms with Gasteiger partial charge in [0.25, 0.3) is 0 Å². The molecular weight excluding hydrogens is 258 g/mol. The number of esters is 2. The van der Waals surface area contributed by atoms with Crippen LogP contribution in [-0.2, 0) is 14.3 Å². The van der Waals surface area contributed by atoms with Crippen molar-refractivity contribution in [3.05, 3.63) is 35.4 Å². The summed E-state index contributed by atoms with van der Waals surface area (Å²) in [5, 5.41) is 0. The minimum Gasteiger partial charge on any atom is -0.466 e. The van der Waals surface area contributed by atoms with Crippen LogP contribution in [0.1, 0.15) is 36.2 Å². The van der Waals surface area contributed by atoms with Crippen LogP contribution >= 0.6 is 0 Å². The lowest BCUT2D eigenvalue weighted by molar-refractivity contribution is -0.142. The summed E-state index contributed by atoms with van der Waals surface area (Å²) in [5.41, 5.74) is 7.20. The molecule has 0 fully saturated rings. The molecule has 2 N–H and O–H groups in total.